The lowest BCUT2D eigenvalue weighted by Gasteiger charge is -2.42. The summed E-state index contributed by atoms with van der Waals surface area (Å²) in [7, 11) is 0. The van der Waals surface area contributed by atoms with Crippen molar-refractivity contribution in [1.82, 2.24) is 20.6 Å². The largest absolute Gasteiger partial charge is 0.371 e. The van der Waals surface area contributed by atoms with E-state index in [1.807, 2.05) is 24.3 Å². The number of amides is 2. The number of nitrogens with one attached hydrogen (secondary N) is 2. The van der Waals surface area contributed by atoms with Gasteiger partial charge in [0.15, 0.2) is 0 Å². The normalized spacial score (nSPS) is 23.2. The molecular weight excluding hydrogens is 871 g/mol. The maximum absolute atomic E-state index is 14.6. The highest BCUT2D eigenvalue weighted by Gasteiger charge is 2.43. The summed E-state index contributed by atoms with van der Waals surface area (Å²) < 4.78 is 29.2. The Bertz CT molecular complexity index is 2490. The number of carbonyl (C=O) groups excluding carboxylic acids is 2. The van der Waals surface area contributed by atoms with Crippen molar-refractivity contribution in [2.45, 2.75) is 94.8 Å². The van der Waals surface area contributed by atoms with Crippen molar-refractivity contribution in [2.24, 2.45) is 11.8 Å². The zero-order chi connectivity index (χ0) is 47.4. The number of aromatic nitrogens is 2. The van der Waals surface area contributed by atoms with Crippen molar-refractivity contribution in [3.8, 4) is 11.4 Å². The van der Waals surface area contributed by atoms with Gasteiger partial charge in [0, 0.05) is 100 Å². The molecule has 0 aliphatic carbocycles. The third-order valence-electron chi connectivity index (χ3n) is 16.1. The van der Waals surface area contributed by atoms with E-state index in [0.717, 1.165) is 169 Å². The van der Waals surface area contributed by atoms with Gasteiger partial charge >= 0.3 is 0 Å². The molecule has 6 saturated heterocycles. The summed E-state index contributed by atoms with van der Waals surface area (Å²) in [4.78, 5) is 50.0. The van der Waals surface area contributed by atoms with Crippen LogP contribution in [0.25, 0.3) is 11.4 Å². The van der Waals surface area contributed by atoms with Crippen LogP contribution in [0.2, 0.25) is 0 Å². The molecule has 2 amide bonds. The lowest BCUT2D eigenvalue weighted by molar-refractivity contribution is -0.117. The molecule has 4 atom stereocenters. The number of hydrogen-bond donors (Lipinski definition) is 2. The minimum atomic E-state index is -0.208. The number of halogens is 2. The number of nitrogens with zero attached hydrogens (tertiary/aromatic N) is 8. The highest BCUT2D eigenvalue weighted by molar-refractivity contribution is 5.87. The molecule has 12 nitrogen and oxygen atoms in total. The summed E-state index contributed by atoms with van der Waals surface area (Å²) in [5.74, 6) is 2.15. The fourth-order valence-corrected chi connectivity index (χ4v) is 12.5. The molecule has 8 heterocycles. The van der Waals surface area contributed by atoms with Crippen LogP contribution in [0.1, 0.15) is 70.6 Å². The van der Waals surface area contributed by atoms with Crippen LogP contribution in [-0.4, -0.2) is 111 Å². The van der Waals surface area contributed by atoms with E-state index < -0.39 is 0 Å². The quantitative estimate of drug-likeness (QED) is 0.120. The van der Waals surface area contributed by atoms with Crippen molar-refractivity contribution < 1.29 is 18.4 Å². The monoisotopic (exact) mass is 939 g/mol. The van der Waals surface area contributed by atoms with Crippen molar-refractivity contribution >= 4 is 46.2 Å². The molecule has 2 aromatic heterocycles. The van der Waals surface area contributed by atoms with Gasteiger partial charge in [-0.05, 0) is 143 Å². The summed E-state index contributed by atoms with van der Waals surface area (Å²) in [5.41, 5.74) is 5.86. The zero-order valence-electron chi connectivity index (χ0n) is 40.0. The van der Waals surface area contributed by atoms with Crippen LogP contribution in [0.5, 0.6) is 0 Å². The molecule has 10 rings (SSSR count). The Labute approximate surface area is 406 Å². The molecule has 14 heteroatoms. The van der Waals surface area contributed by atoms with Gasteiger partial charge in [0.2, 0.25) is 11.8 Å². The van der Waals surface area contributed by atoms with Gasteiger partial charge in [0.1, 0.15) is 23.3 Å². The van der Waals surface area contributed by atoms with Crippen LogP contribution in [-0.2, 0) is 9.59 Å². The summed E-state index contributed by atoms with van der Waals surface area (Å²) in [6.45, 7) is 15.6. The number of anilines is 6. The fourth-order valence-electron chi connectivity index (χ4n) is 12.5. The Balaban J connectivity index is 0.995. The first-order valence-corrected chi connectivity index (χ1v) is 25.6. The van der Waals surface area contributed by atoms with Gasteiger partial charge in [-0.1, -0.05) is 25.3 Å². The van der Waals surface area contributed by atoms with Crippen LogP contribution < -0.4 is 40.0 Å². The number of benzene rings is 2. The van der Waals surface area contributed by atoms with Gasteiger partial charge in [0.05, 0.1) is 35.6 Å². The first kappa shape index (κ1) is 46.5. The lowest BCUT2D eigenvalue weighted by Crippen LogP contribution is -2.50. The first-order chi connectivity index (χ1) is 33.7. The molecule has 0 spiro atoms. The minimum absolute atomic E-state index is 0.126. The maximum Gasteiger partial charge on any atom is 0.243 e. The second-order valence-electron chi connectivity index (χ2n) is 20.1. The molecule has 0 bridgehead atoms. The first-order valence-electron chi connectivity index (χ1n) is 25.6. The highest BCUT2D eigenvalue weighted by Crippen LogP contribution is 2.42. The van der Waals surface area contributed by atoms with Gasteiger partial charge < -0.3 is 40.0 Å². The predicted octanol–water partition coefficient (Wildman–Crippen LogP) is 8.34. The molecule has 0 radical (unpaired) electrons. The van der Waals surface area contributed by atoms with Crippen molar-refractivity contribution in [3.05, 3.63) is 110 Å². The van der Waals surface area contributed by atoms with Gasteiger partial charge in [0.25, 0.3) is 0 Å². The van der Waals surface area contributed by atoms with E-state index in [2.05, 4.69) is 77.5 Å². The van der Waals surface area contributed by atoms with E-state index in [1.54, 1.807) is 12.1 Å². The van der Waals surface area contributed by atoms with E-state index in [9.17, 15) is 18.4 Å². The Morgan fingerprint density at radius 1 is 0.536 bits per heavy atom. The zero-order valence-corrected chi connectivity index (χ0v) is 40.0. The standard InChI is InChI=1S/C55H68F2N10O2/c1-3-54(68)58-22-15-38-16-25-62(26-17-38)44-33-46(60-52(35-44)66-29-20-50-48(66)13-7-23-64(50)42-11-5-9-40(56)31-42)47-34-45(63-27-18-39(19-28-63)37-59-55(69)4-2)36-53(61-47)67-30-21-51-49(67)14-8-24-65(51)43-12-6-10-41(57)32-43/h3-6,9-12,31-36,38-39,48-51H,1-2,7-8,13-30,37H2,(H,58,68)(H,59,69)/t48-,49-,50-,51-/m0/s1. The van der Waals surface area contributed by atoms with Crippen LogP contribution >= 0.6 is 0 Å². The fraction of sp³-hybridized carbons (Fsp3) is 0.491. The molecule has 69 heavy (non-hydrogen) atoms. The number of carbonyl (C=O) groups is 2. The minimum Gasteiger partial charge on any atom is -0.371 e. The SMILES string of the molecule is C=CC(=O)NCCC1CCN(c2cc(-c3cc(N4CCC(CNC(=O)C=C)CC4)cc(N4CC[C@H]5[C@@H]4CCCN5c4cccc(F)c4)n3)nc(N3CC[C@H]4[C@@H]3CCCN4c3cccc(F)c3)c2)CC1. The maximum atomic E-state index is 14.6. The molecule has 6 fully saturated rings. The van der Waals surface area contributed by atoms with Crippen molar-refractivity contribution in [2.75, 3.05) is 94.8 Å². The van der Waals surface area contributed by atoms with E-state index in [-0.39, 0.29) is 47.6 Å². The Kier molecular flexibility index (Phi) is 14.0. The van der Waals surface area contributed by atoms with Crippen molar-refractivity contribution in [3.63, 3.8) is 0 Å². The number of fused-ring (bicyclic) bond motifs is 2. The Hall–Kier alpha value is -6.18. The summed E-state index contributed by atoms with van der Waals surface area (Å²) in [6.07, 6.45) is 13.6. The Morgan fingerprint density at radius 3 is 1.48 bits per heavy atom. The molecule has 364 valence electrons. The molecule has 0 saturated carbocycles. The summed E-state index contributed by atoms with van der Waals surface area (Å²) in [6, 6.07) is 24.1. The van der Waals surface area contributed by atoms with Crippen LogP contribution in [0, 0.1) is 23.5 Å². The molecule has 6 aliphatic rings. The van der Waals surface area contributed by atoms with Gasteiger partial charge in [-0.3, -0.25) is 9.59 Å². The molecule has 2 aromatic carbocycles. The lowest BCUT2D eigenvalue weighted by atomic mass is 9.93. The van der Waals surface area contributed by atoms with Crippen LogP contribution in [0.15, 0.2) is 98.1 Å². The summed E-state index contributed by atoms with van der Waals surface area (Å²) >= 11 is 0. The molecule has 6 aliphatic heterocycles. The average Bonchev–Trinajstić information content (AvgIpc) is 4.03. The van der Waals surface area contributed by atoms with E-state index in [0.29, 0.717) is 24.9 Å². The second kappa shape index (κ2) is 20.8. The average molecular weight is 939 g/mol. The topological polar surface area (TPSA) is 103 Å². The number of rotatable bonds is 14. The van der Waals surface area contributed by atoms with Crippen LogP contribution in [0.4, 0.5) is 43.2 Å². The highest BCUT2D eigenvalue weighted by atomic mass is 19.1. The Morgan fingerprint density at radius 2 is 1.00 bits per heavy atom. The van der Waals surface area contributed by atoms with Crippen LogP contribution in [0.3, 0.4) is 0 Å². The molecular formula is C55H68F2N10O2. The van der Waals surface area contributed by atoms with E-state index >= 15 is 0 Å². The predicted molar refractivity (Wildman–Crippen MR) is 273 cm³/mol. The smallest absolute Gasteiger partial charge is 0.243 e. The molecule has 2 N–H and O–H groups in total. The van der Waals surface area contributed by atoms with E-state index in [1.165, 1.54) is 24.3 Å². The van der Waals surface area contributed by atoms with Gasteiger partial charge in [-0.2, -0.15) is 0 Å². The molecule has 4 aromatic rings. The van der Waals surface area contributed by atoms with Gasteiger partial charge in [-0.25, -0.2) is 18.7 Å². The van der Waals surface area contributed by atoms with E-state index in [4.69, 9.17) is 9.97 Å². The number of hydrogen-bond acceptors (Lipinski definition) is 10. The van der Waals surface area contributed by atoms with Gasteiger partial charge in [-0.15, -0.1) is 0 Å². The third-order valence-corrected chi connectivity index (χ3v) is 16.1. The summed E-state index contributed by atoms with van der Waals surface area (Å²) in [5, 5.41) is 5.98. The second-order valence-corrected chi connectivity index (χ2v) is 20.1. The number of piperidine rings is 4. The third kappa shape index (κ3) is 10.3. The number of pyridine rings is 2. The molecule has 0 unspecified atom stereocenters. The van der Waals surface area contributed by atoms with Crippen molar-refractivity contribution in [1.29, 1.82) is 0 Å².